The Bertz CT molecular complexity index is 1200. The number of likely N-dealkylation sites (tertiary alicyclic amines) is 1. The second kappa shape index (κ2) is 7.27. The molecule has 1 amide bonds. The minimum Gasteiger partial charge on any atom is -0.350 e. The number of ketones is 1. The maximum absolute atomic E-state index is 13.3. The van der Waals surface area contributed by atoms with E-state index in [9.17, 15) is 9.59 Å². The number of amides is 1. The molecule has 5 rings (SSSR count). The van der Waals surface area contributed by atoms with Crippen molar-refractivity contribution in [2.75, 3.05) is 13.1 Å². The van der Waals surface area contributed by atoms with E-state index in [1.165, 1.54) is 5.56 Å². The van der Waals surface area contributed by atoms with Gasteiger partial charge in [-0.15, -0.1) is 11.3 Å². The molecule has 6 heteroatoms. The molecule has 1 aliphatic heterocycles. The van der Waals surface area contributed by atoms with Crippen LogP contribution in [0.2, 0.25) is 0 Å². The SMILES string of the molecule is Cc1ccc(C)c2[nH]c(C(=O)N3CCC4(CC3)CC(=O)c3nc(C(C)(C)C)sc3C4)cc12. The van der Waals surface area contributed by atoms with Gasteiger partial charge in [0.25, 0.3) is 5.91 Å². The predicted octanol–water partition coefficient (Wildman–Crippen LogP) is 5.59. The van der Waals surface area contributed by atoms with Crippen molar-refractivity contribution in [2.45, 2.75) is 65.7 Å². The molecule has 1 aromatic carbocycles. The van der Waals surface area contributed by atoms with E-state index in [4.69, 9.17) is 4.98 Å². The number of hydrogen-bond acceptors (Lipinski definition) is 4. The van der Waals surface area contributed by atoms with Crippen LogP contribution in [-0.4, -0.2) is 39.6 Å². The zero-order valence-corrected chi connectivity index (χ0v) is 20.4. The Hall–Kier alpha value is -2.47. The number of aromatic amines is 1. The fraction of sp³-hybridized carbons (Fsp3) is 0.500. The van der Waals surface area contributed by atoms with Gasteiger partial charge in [-0.25, -0.2) is 4.98 Å². The predicted molar refractivity (Wildman–Crippen MR) is 129 cm³/mol. The fourth-order valence-corrected chi connectivity index (χ4v) is 6.47. The number of benzene rings is 1. The number of aryl methyl sites for hydroxylation is 2. The van der Waals surface area contributed by atoms with Crippen LogP contribution < -0.4 is 0 Å². The van der Waals surface area contributed by atoms with Gasteiger partial charge in [-0.3, -0.25) is 9.59 Å². The van der Waals surface area contributed by atoms with Crippen LogP contribution in [0, 0.1) is 19.3 Å². The molecular weight excluding hydrogens is 418 g/mol. The number of nitrogens with one attached hydrogen (secondary N) is 1. The van der Waals surface area contributed by atoms with Gasteiger partial charge in [-0.05, 0) is 55.7 Å². The number of thiazole rings is 1. The van der Waals surface area contributed by atoms with Crippen LogP contribution in [-0.2, 0) is 11.8 Å². The van der Waals surface area contributed by atoms with Crippen LogP contribution >= 0.6 is 11.3 Å². The van der Waals surface area contributed by atoms with Crippen molar-refractivity contribution in [3.05, 3.63) is 50.6 Å². The number of carbonyl (C=O) groups excluding carboxylic acids is 2. The Morgan fingerprint density at radius 2 is 1.81 bits per heavy atom. The Balaban J connectivity index is 1.33. The molecule has 0 bridgehead atoms. The third kappa shape index (κ3) is 3.49. The van der Waals surface area contributed by atoms with E-state index in [1.54, 1.807) is 11.3 Å². The van der Waals surface area contributed by atoms with Crippen molar-refractivity contribution in [1.82, 2.24) is 14.9 Å². The van der Waals surface area contributed by atoms with Gasteiger partial charge < -0.3 is 9.88 Å². The van der Waals surface area contributed by atoms with Crippen LogP contribution in [0.1, 0.15) is 82.0 Å². The molecule has 1 fully saturated rings. The van der Waals surface area contributed by atoms with Crippen molar-refractivity contribution in [3.8, 4) is 0 Å². The van der Waals surface area contributed by atoms with Crippen LogP contribution in [0.15, 0.2) is 18.2 Å². The molecule has 2 aliphatic rings. The van der Waals surface area contributed by atoms with Gasteiger partial charge in [0.05, 0.1) is 5.01 Å². The molecule has 168 valence electrons. The summed E-state index contributed by atoms with van der Waals surface area (Å²) in [7, 11) is 0. The molecule has 0 radical (unpaired) electrons. The van der Waals surface area contributed by atoms with Crippen LogP contribution in [0.3, 0.4) is 0 Å². The number of piperidine rings is 1. The summed E-state index contributed by atoms with van der Waals surface area (Å²) in [5, 5.41) is 2.16. The first-order chi connectivity index (χ1) is 15.1. The van der Waals surface area contributed by atoms with E-state index in [0.29, 0.717) is 30.9 Å². The van der Waals surface area contributed by atoms with Crippen molar-refractivity contribution < 1.29 is 9.59 Å². The molecule has 0 atom stereocenters. The monoisotopic (exact) mass is 449 g/mol. The summed E-state index contributed by atoms with van der Waals surface area (Å²) in [6.07, 6.45) is 3.20. The third-order valence-corrected chi connectivity index (χ3v) is 8.72. The van der Waals surface area contributed by atoms with Crippen LogP contribution in [0.5, 0.6) is 0 Å². The zero-order chi connectivity index (χ0) is 22.8. The largest absolute Gasteiger partial charge is 0.350 e. The van der Waals surface area contributed by atoms with E-state index >= 15 is 0 Å². The molecule has 3 aromatic rings. The molecule has 0 saturated carbocycles. The molecule has 5 nitrogen and oxygen atoms in total. The number of carbonyl (C=O) groups is 2. The molecule has 1 spiro atoms. The van der Waals surface area contributed by atoms with E-state index in [2.05, 4.69) is 51.7 Å². The van der Waals surface area contributed by atoms with Crippen molar-refractivity contribution in [2.24, 2.45) is 5.41 Å². The topological polar surface area (TPSA) is 66.1 Å². The Kier molecular flexibility index (Phi) is 4.86. The number of aromatic nitrogens is 2. The van der Waals surface area contributed by atoms with E-state index < -0.39 is 0 Å². The van der Waals surface area contributed by atoms with E-state index in [0.717, 1.165) is 45.6 Å². The molecule has 0 unspecified atom stereocenters. The van der Waals surface area contributed by atoms with E-state index in [-0.39, 0.29) is 22.5 Å². The van der Waals surface area contributed by atoms with Crippen LogP contribution in [0.25, 0.3) is 10.9 Å². The number of rotatable bonds is 1. The summed E-state index contributed by atoms with van der Waals surface area (Å²) < 4.78 is 0. The molecule has 2 aromatic heterocycles. The highest BCUT2D eigenvalue weighted by Crippen LogP contribution is 2.46. The van der Waals surface area contributed by atoms with Gasteiger partial charge in [0, 0.05) is 40.7 Å². The van der Waals surface area contributed by atoms with Gasteiger partial charge in [0.1, 0.15) is 11.4 Å². The molecular formula is C26H31N3O2S. The first-order valence-electron chi connectivity index (χ1n) is 11.5. The highest BCUT2D eigenvalue weighted by atomic mass is 32.1. The second-order valence-electron chi connectivity index (χ2n) is 10.8. The summed E-state index contributed by atoms with van der Waals surface area (Å²) in [6, 6.07) is 6.18. The number of Topliss-reactive ketones (excluding diaryl/α,β-unsaturated/α-hetero) is 1. The zero-order valence-electron chi connectivity index (χ0n) is 19.6. The molecule has 1 aliphatic carbocycles. The standard InChI is InChI=1S/C26H31N3O2S/c1-15-6-7-16(2)21-17(15)12-18(27-21)23(31)29-10-8-26(9-11-29)13-19(30)22-20(14-26)32-24(28-22)25(3,4)5/h6-7,12,27H,8-11,13-14H2,1-5H3. The Morgan fingerprint density at radius 1 is 1.12 bits per heavy atom. The minimum atomic E-state index is -0.0402. The van der Waals surface area contributed by atoms with Gasteiger partial charge in [-0.2, -0.15) is 0 Å². The van der Waals surface area contributed by atoms with Gasteiger partial charge in [-0.1, -0.05) is 32.9 Å². The first-order valence-corrected chi connectivity index (χ1v) is 12.3. The number of H-pyrrole nitrogens is 1. The van der Waals surface area contributed by atoms with Crippen molar-refractivity contribution in [3.63, 3.8) is 0 Å². The summed E-state index contributed by atoms with van der Waals surface area (Å²) in [5.41, 5.74) is 4.66. The lowest BCUT2D eigenvalue weighted by Crippen LogP contribution is -2.46. The number of fused-ring (bicyclic) bond motifs is 2. The molecule has 1 N–H and O–H groups in total. The summed E-state index contributed by atoms with van der Waals surface area (Å²) >= 11 is 1.71. The van der Waals surface area contributed by atoms with Gasteiger partial charge in [0.2, 0.25) is 0 Å². The quantitative estimate of drug-likeness (QED) is 0.527. The van der Waals surface area contributed by atoms with Crippen molar-refractivity contribution >= 4 is 33.9 Å². The van der Waals surface area contributed by atoms with Gasteiger partial charge in [0.15, 0.2) is 5.78 Å². The maximum Gasteiger partial charge on any atom is 0.270 e. The van der Waals surface area contributed by atoms with Crippen molar-refractivity contribution in [1.29, 1.82) is 0 Å². The fourth-order valence-electron chi connectivity index (χ4n) is 5.16. The lowest BCUT2D eigenvalue weighted by Gasteiger charge is -2.43. The highest BCUT2D eigenvalue weighted by Gasteiger charge is 2.44. The lowest BCUT2D eigenvalue weighted by molar-refractivity contribution is 0.0518. The number of nitrogens with zero attached hydrogens (tertiary/aromatic N) is 2. The average Bonchev–Trinajstić information content (AvgIpc) is 3.36. The summed E-state index contributed by atoms with van der Waals surface area (Å²) in [5.74, 6) is 0.241. The molecule has 32 heavy (non-hydrogen) atoms. The second-order valence-corrected chi connectivity index (χ2v) is 11.9. The molecule has 1 saturated heterocycles. The third-order valence-electron chi connectivity index (χ3n) is 7.24. The minimum absolute atomic E-state index is 0.0316. The first kappa shape index (κ1) is 21.4. The lowest BCUT2D eigenvalue weighted by atomic mass is 9.68. The smallest absolute Gasteiger partial charge is 0.270 e. The van der Waals surface area contributed by atoms with Gasteiger partial charge >= 0.3 is 0 Å². The number of hydrogen-bond donors (Lipinski definition) is 1. The normalized spacial score (nSPS) is 18.4. The van der Waals surface area contributed by atoms with E-state index in [1.807, 2.05) is 11.0 Å². The Labute approximate surface area is 193 Å². The van der Waals surface area contributed by atoms with Crippen LogP contribution in [0.4, 0.5) is 0 Å². The summed E-state index contributed by atoms with van der Waals surface area (Å²) in [4.78, 5) is 37.4. The highest BCUT2D eigenvalue weighted by molar-refractivity contribution is 7.12. The summed E-state index contributed by atoms with van der Waals surface area (Å²) in [6.45, 7) is 12.0. The molecule has 3 heterocycles. The maximum atomic E-state index is 13.3. The Morgan fingerprint density at radius 3 is 2.47 bits per heavy atom. The average molecular weight is 450 g/mol.